The van der Waals surface area contributed by atoms with Crippen molar-refractivity contribution in [3.8, 4) is 5.75 Å². The smallest absolute Gasteiger partial charge is 0.323 e. The van der Waals surface area contributed by atoms with E-state index >= 15 is 0 Å². The topological polar surface area (TPSA) is 131 Å². The molecule has 0 bridgehead atoms. The van der Waals surface area contributed by atoms with Crippen molar-refractivity contribution in [1.82, 2.24) is 5.32 Å². The van der Waals surface area contributed by atoms with Gasteiger partial charge in [-0.1, -0.05) is 31.4 Å². The van der Waals surface area contributed by atoms with E-state index in [0.29, 0.717) is 24.4 Å². The van der Waals surface area contributed by atoms with Crippen molar-refractivity contribution in [1.29, 1.82) is 0 Å². The first-order valence-electron chi connectivity index (χ1n) is 10.4. The monoisotopic (exact) mass is 421 g/mol. The number of benzene rings is 1. The van der Waals surface area contributed by atoms with E-state index in [4.69, 9.17) is 15.2 Å². The van der Waals surface area contributed by atoms with Crippen LogP contribution in [0.15, 0.2) is 24.3 Å². The molecule has 1 amide bonds. The number of carboxylic acid groups (broad SMARTS) is 1. The number of para-hydroxylation sites is 2. The van der Waals surface area contributed by atoms with E-state index in [1.807, 2.05) is 0 Å². The molecule has 9 heteroatoms. The number of nitrogens with one attached hydrogen (secondary N) is 1. The maximum atomic E-state index is 13.1. The zero-order valence-corrected chi connectivity index (χ0v) is 17.3. The molecule has 0 spiro atoms. The van der Waals surface area contributed by atoms with Gasteiger partial charge in [0.25, 0.3) is 0 Å². The first-order valence-corrected chi connectivity index (χ1v) is 10.4. The lowest BCUT2D eigenvalue weighted by molar-refractivity contribution is -0.146. The van der Waals surface area contributed by atoms with Gasteiger partial charge in [0, 0.05) is 0 Å². The third-order valence-corrected chi connectivity index (χ3v) is 4.84. The quantitative estimate of drug-likeness (QED) is 0.340. The van der Waals surface area contributed by atoms with Gasteiger partial charge in [-0.2, -0.15) is 0 Å². The molecule has 9 nitrogen and oxygen atoms in total. The maximum Gasteiger partial charge on any atom is 0.323 e. The summed E-state index contributed by atoms with van der Waals surface area (Å²) in [6.45, 7) is 2.07. The second-order valence-corrected chi connectivity index (χ2v) is 7.11. The molecular weight excluding hydrogens is 390 g/mol. The van der Waals surface area contributed by atoms with Gasteiger partial charge in [0.15, 0.2) is 0 Å². The fourth-order valence-electron chi connectivity index (χ4n) is 3.37. The molecule has 0 aromatic heterocycles. The Hall–Kier alpha value is -2.65. The lowest BCUT2D eigenvalue weighted by Crippen LogP contribution is -2.54. The van der Waals surface area contributed by atoms with E-state index in [9.17, 15) is 19.5 Å². The highest BCUT2D eigenvalue weighted by atomic mass is 16.5. The van der Waals surface area contributed by atoms with Gasteiger partial charge >= 0.3 is 11.9 Å². The summed E-state index contributed by atoms with van der Waals surface area (Å²) in [5, 5.41) is 12.3. The molecule has 2 atom stereocenters. The minimum absolute atomic E-state index is 0.0188. The van der Waals surface area contributed by atoms with Crippen molar-refractivity contribution in [2.75, 3.05) is 31.2 Å². The van der Waals surface area contributed by atoms with Gasteiger partial charge in [-0.05, 0) is 38.4 Å². The van der Waals surface area contributed by atoms with Crippen LogP contribution < -0.4 is 20.7 Å². The zero-order valence-electron chi connectivity index (χ0n) is 17.3. The number of aliphatic carboxylic acids is 1. The average molecular weight is 421 g/mol. The van der Waals surface area contributed by atoms with Gasteiger partial charge in [0.1, 0.15) is 31.0 Å². The van der Waals surface area contributed by atoms with Gasteiger partial charge in [-0.15, -0.1) is 0 Å². The molecule has 30 heavy (non-hydrogen) atoms. The molecule has 1 heterocycles. The third-order valence-electron chi connectivity index (χ3n) is 4.84. The van der Waals surface area contributed by atoms with Crippen molar-refractivity contribution in [3.63, 3.8) is 0 Å². The van der Waals surface area contributed by atoms with E-state index < -0.39 is 36.5 Å². The minimum Gasteiger partial charge on any atom is -0.489 e. The van der Waals surface area contributed by atoms with Crippen LogP contribution in [0, 0.1) is 0 Å². The standard InChI is InChI=1S/C21H31N3O6/c1-2-29-21(28)15(9-5-3-4-8-12-22)23-16-14-30-18-11-7-6-10-17(18)24(20(16)27)13-19(25)26/h6-7,10-11,15-16,23H,2-5,8-9,12-14,22H2,1H3,(H,25,26)/t15?,16-/m0/s1. The number of ether oxygens (including phenoxy) is 2. The Labute approximate surface area is 176 Å². The molecule has 0 radical (unpaired) electrons. The van der Waals surface area contributed by atoms with Gasteiger partial charge in [0.05, 0.1) is 12.3 Å². The summed E-state index contributed by atoms with van der Waals surface area (Å²) in [6.07, 6.45) is 4.09. The number of hydrogen-bond acceptors (Lipinski definition) is 7. The number of nitrogens with zero attached hydrogens (tertiary/aromatic N) is 1. The number of hydrogen-bond donors (Lipinski definition) is 3. The number of unbranched alkanes of at least 4 members (excludes halogenated alkanes) is 3. The van der Waals surface area contributed by atoms with E-state index in [0.717, 1.165) is 25.7 Å². The lowest BCUT2D eigenvalue weighted by Gasteiger charge is -2.26. The summed E-state index contributed by atoms with van der Waals surface area (Å²) < 4.78 is 10.9. The Morgan fingerprint density at radius 1 is 1.30 bits per heavy atom. The van der Waals surface area contributed by atoms with E-state index in [1.165, 1.54) is 4.90 Å². The maximum absolute atomic E-state index is 13.1. The largest absolute Gasteiger partial charge is 0.489 e. The second kappa shape index (κ2) is 12.1. The van der Waals surface area contributed by atoms with E-state index in [-0.39, 0.29) is 13.2 Å². The zero-order chi connectivity index (χ0) is 21.9. The molecule has 0 saturated heterocycles. The van der Waals surface area contributed by atoms with Crippen LogP contribution in [0.3, 0.4) is 0 Å². The number of fused-ring (bicyclic) bond motifs is 1. The highest BCUT2D eigenvalue weighted by Crippen LogP contribution is 2.31. The van der Waals surface area contributed by atoms with Crippen LogP contribution in [0.1, 0.15) is 39.0 Å². The van der Waals surface area contributed by atoms with Crippen molar-refractivity contribution < 1.29 is 29.0 Å². The predicted octanol–water partition coefficient (Wildman–Crippen LogP) is 1.30. The third kappa shape index (κ3) is 6.70. The Morgan fingerprint density at radius 2 is 2.03 bits per heavy atom. The summed E-state index contributed by atoms with van der Waals surface area (Å²) in [6, 6.07) is 5.21. The average Bonchev–Trinajstić information content (AvgIpc) is 2.84. The Kier molecular flexibility index (Phi) is 9.56. The first kappa shape index (κ1) is 23.6. The van der Waals surface area contributed by atoms with Crippen LogP contribution in [0.4, 0.5) is 5.69 Å². The van der Waals surface area contributed by atoms with Gasteiger partial charge < -0.3 is 20.3 Å². The van der Waals surface area contributed by atoms with Crippen molar-refractivity contribution >= 4 is 23.5 Å². The summed E-state index contributed by atoms with van der Waals surface area (Å²) >= 11 is 0. The number of amides is 1. The van der Waals surface area contributed by atoms with Crippen LogP contribution in [-0.4, -0.2) is 61.3 Å². The summed E-state index contributed by atoms with van der Waals surface area (Å²) in [5.41, 5.74) is 5.90. The number of anilines is 1. The number of carboxylic acids is 1. The Balaban J connectivity index is 2.14. The number of carbonyl (C=O) groups excluding carboxylic acids is 2. The highest BCUT2D eigenvalue weighted by molar-refractivity contribution is 6.02. The summed E-state index contributed by atoms with van der Waals surface area (Å²) in [4.78, 5) is 38.1. The molecule has 4 N–H and O–H groups in total. The van der Waals surface area contributed by atoms with Crippen molar-refractivity contribution in [2.45, 2.75) is 51.1 Å². The van der Waals surface area contributed by atoms with E-state index in [1.54, 1.807) is 31.2 Å². The first-order chi connectivity index (χ1) is 14.5. The summed E-state index contributed by atoms with van der Waals surface area (Å²) in [7, 11) is 0. The van der Waals surface area contributed by atoms with Crippen LogP contribution in [0.2, 0.25) is 0 Å². The predicted molar refractivity (Wildman–Crippen MR) is 111 cm³/mol. The molecule has 2 rings (SSSR count). The molecule has 1 aromatic carbocycles. The fourth-order valence-corrected chi connectivity index (χ4v) is 3.37. The lowest BCUT2D eigenvalue weighted by atomic mass is 10.1. The fraction of sp³-hybridized carbons (Fsp3) is 0.571. The van der Waals surface area contributed by atoms with Gasteiger partial charge in [0.2, 0.25) is 5.91 Å². The molecule has 166 valence electrons. The van der Waals surface area contributed by atoms with Crippen molar-refractivity contribution in [2.24, 2.45) is 5.73 Å². The normalized spacial score (nSPS) is 16.9. The molecular formula is C21H31N3O6. The van der Waals surface area contributed by atoms with E-state index in [2.05, 4.69) is 5.32 Å². The Bertz CT molecular complexity index is 726. The highest BCUT2D eigenvalue weighted by Gasteiger charge is 2.35. The molecule has 1 aliphatic heterocycles. The SMILES string of the molecule is CCOC(=O)C(CCCCCCN)N[C@H]1COc2ccccc2N(CC(=O)O)C1=O. The summed E-state index contributed by atoms with van der Waals surface area (Å²) in [5.74, 6) is -1.61. The molecule has 1 aromatic rings. The molecule has 0 fully saturated rings. The Morgan fingerprint density at radius 3 is 2.73 bits per heavy atom. The van der Waals surface area contributed by atoms with Gasteiger partial charge in [-0.3, -0.25) is 24.6 Å². The molecule has 1 unspecified atom stereocenters. The number of carbonyl (C=O) groups is 3. The number of nitrogens with two attached hydrogens (primary N) is 1. The number of esters is 1. The molecule has 0 saturated carbocycles. The van der Waals surface area contributed by atoms with Crippen LogP contribution in [0.5, 0.6) is 5.75 Å². The van der Waals surface area contributed by atoms with Crippen molar-refractivity contribution in [3.05, 3.63) is 24.3 Å². The van der Waals surface area contributed by atoms with Crippen LogP contribution in [0.25, 0.3) is 0 Å². The molecule has 0 aliphatic carbocycles. The van der Waals surface area contributed by atoms with Crippen LogP contribution >= 0.6 is 0 Å². The van der Waals surface area contributed by atoms with Crippen LogP contribution in [-0.2, 0) is 19.1 Å². The van der Waals surface area contributed by atoms with Gasteiger partial charge in [-0.25, -0.2) is 0 Å². The molecule has 1 aliphatic rings. The minimum atomic E-state index is -1.14. The number of rotatable bonds is 12. The second-order valence-electron chi connectivity index (χ2n) is 7.11.